The number of benzene rings is 3. The fourth-order valence-corrected chi connectivity index (χ4v) is 4.36. The van der Waals surface area contributed by atoms with Crippen LogP contribution in [-0.2, 0) is 18.0 Å². The maximum Gasteiger partial charge on any atom is 0.359 e. The summed E-state index contributed by atoms with van der Waals surface area (Å²) < 4.78 is 25.6. The van der Waals surface area contributed by atoms with Crippen molar-refractivity contribution in [3.05, 3.63) is 126 Å². The third kappa shape index (κ3) is 5.83. The molecule has 3 aromatic carbocycles. The molecule has 0 unspecified atom stereocenters. The van der Waals surface area contributed by atoms with Crippen LogP contribution in [0, 0.1) is 0 Å². The van der Waals surface area contributed by atoms with Crippen molar-refractivity contribution >= 4 is 5.97 Å². The zero-order valence-electron chi connectivity index (χ0n) is 22.4. The smallest absolute Gasteiger partial charge is 0.359 e. The second-order valence-corrected chi connectivity index (χ2v) is 8.87. The van der Waals surface area contributed by atoms with Gasteiger partial charge in [-0.25, -0.2) is 4.79 Å². The average Bonchev–Trinajstić information content (AvgIpc) is 3.34. The van der Waals surface area contributed by atoms with Crippen LogP contribution in [0.2, 0.25) is 0 Å². The van der Waals surface area contributed by atoms with Gasteiger partial charge in [-0.1, -0.05) is 66.7 Å². The summed E-state index contributed by atoms with van der Waals surface area (Å²) in [5.74, 6) is 0.842. The Balaban J connectivity index is 1.75. The molecule has 0 atom stereocenters. The molecule has 5 rings (SSSR count). The third-order valence-electron chi connectivity index (χ3n) is 6.24. The Morgan fingerprint density at radius 1 is 0.750 bits per heavy atom. The number of aromatic nitrogens is 2. The Bertz CT molecular complexity index is 1530. The number of nitrogens with zero attached hydrogens (tertiary/aromatic N) is 2. The molecule has 0 fully saturated rings. The molecule has 0 aliphatic rings. The Morgan fingerprint density at radius 3 is 1.90 bits per heavy atom. The molecular weight excluding hydrogens is 504 g/mol. The lowest BCUT2D eigenvalue weighted by molar-refractivity contribution is 0.0511. The number of hydrogen-bond donors (Lipinski definition) is 0. The van der Waals surface area contributed by atoms with E-state index < -0.39 is 5.97 Å². The van der Waals surface area contributed by atoms with Crippen molar-refractivity contribution in [1.29, 1.82) is 0 Å². The van der Waals surface area contributed by atoms with Gasteiger partial charge < -0.3 is 18.9 Å². The third-order valence-corrected chi connectivity index (χ3v) is 6.24. The van der Waals surface area contributed by atoms with E-state index in [1.165, 1.54) is 0 Å². The Morgan fingerprint density at radius 2 is 1.35 bits per heavy atom. The topological polar surface area (TPSA) is 71.8 Å². The van der Waals surface area contributed by atoms with E-state index in [2.05, 4.69) is 4.98 Å². The molecule has 7 nitrogen and oxygen atoms in total. The fraction of sp³-hybridized carbons (Fsp3) is 0.152. The van der Waals surface area contributed by atoms with Crippen molar-refractivity contribution in [2.75, 3.05) is 13.7 Å². The van der Waals surface area contributed by atoms with Crippen LogP contribution >= 0.6 is 0 Å². The molecule has 2 heterocycles. The molecule has 2 aromatic heterocycles. The molecule has 0 aliphatic carbocycles. The minimum absolute atomic E-state index is 0.198. The van der Waals surface area contributed by atoms with Crippen molar-refractivity contribution < 1.29 is 23.7 Å². The number of ether oxygens (including phenoxy) is 4. The standard InChI is InChI=1S/C33H30N2O5/c1-3-38-33(36)30-32(40-23-25-14-8-5-9-15-25)31(39-22-24-12-6-4-7-13-24)29(28-16-10-11-21-34-28)35(30)26-17-19-27(37-2)20-18-26/h4-21H,3,22-23H2,1-2H3. The molecule has 0 saturated heterocycles. The minimum Gasteiger partial charge on any atom is -0.497 e. The van der Waals surface area contributed by atoms with Crippen LogP contribution in [0.3, 0.4) is 0 Å². The largest absolute Gasteiger partial charge is 0.497 e. The maximum absolute atomic E-state index is 13.6. The average molecular weight is 535 g/mol. The normalized spacial score (nSPS) is 10.7. The quantitative estimate of drug-likeness (QED) is 0.172. The van der Waals surface area contributed by atoms with Gasteiger partial charge in [0.15, 0.2) is 17.2 Å². The van der Waals surface area contributed by atoms with Gasteiger partial charge in [-0.2, -0.15) is 0 Å². The Labute approximate surface area is 233 Å². The summed E-state index contributed by atoms with van der Waals surface area (Å²) in [5, 5.41) is 0. The van der Waals surface area contributed by atoms with Crippen LogP contribution in [0.5, 0.6) is 17.2 Å². The Kier molecular flexibility index (Phi) is 8.41. The second-order valence-electron chi connectivity index (χ2n) is 8.87. The highest BCUT2D eigenvalue weighted by molar-refractivity contribution is 5.96. The number of carbonyl (C=O) groups is 1. The molecule has 0 aliphatic heterocycles. The van der Waals surface area contributed by atoms with Gasteiger partial charge in [-0.05, 0) is 54.4 Å². The molecule has 7 heteroatoms. The lowest BCUT2D eigenvalue weighted by atomic mass is 10.2. The predicted octanol–water partition coefficient (Wildman–Crippen LogP) is 6.88. The van der Waals surface area contributed by atoms with Crippen LogP contribution in [0.4, 0.5) is 0 Å². The van der Waals surface area contributed by atoms with Gasteiger partial charge in [0.2, 0.25) is 0 Å². The zero-order chi connectivity index (χ0) is 27.7. The summed E-state index contributed by atoms with van der Waals surface area (Å²) in [6.45, 7) is 2.46. The van der Waals surface area contributed by atoms with Crippen molar-refractivity contribution in [1.82, 2.24) is 9.55 Å². The van der Waals surface area contributed by atoms with Crippen molar-refractivity contribution in [2.24, 2.45) is 0 Å². The van der Waals surface area contributed by atoms with Gasteiger partial charge >= 0.3 is 5.97 Å². The van der Waals surface area contributed by atoms with Gasteiger partial charge in [-0.15, -0.1) is 0 Å². The number of hydrogen-bond acceptors (Lipinski definition) is 6. The van der Waals surface area contributed by atoms with E-state index >= 15 is 0 Å². The highest BCUT2D eigenvalue weighted by atomic mass is 16.5. The van der Waals surface area contributed by atoms with Crippen LogP contribution in [0.15, 0.2) is 109 Å². The first-order valence-electron chi connectivity index (χ1n) is 13.0. The van der Waals surface area contributed by atoms with E-state index in [0.29, 0.717) is 28.6 Å². The molecule has 40 heavy (non-hydrogen) atoms. The lowest BCUT2D eigenvalue weighted by Gasteiger charge is -2.14. The van der Waals surface area contributed by atoms with Gasteiger partial charge in [-0.3, -0.25) is 9.55 Å². The first-order valence-corrected chi connectivity index (χ1v) is 13.0. The molecule has 0 saturated carbocycles. The molecular formula is C33H30N2O5. The first-order chi connectivity index (χ1) is 19.7. The van der Waals surface area contributed by atoms with E-state index in [1.807, 2.05) is 103 Å². The molecule has 0 N–H and O–H groups in total. The fourth-order valence-electron chi connectivity index (χ4n) is 4.36. The zero-order valence-corrected chi connectivity index (χ0v) is 22.4. The summed E-state index contributed by atoms with van der Waals surface area (Å²) in [6, 6.07) is 32.6. The first kappa shape index (κ1) is 26.6. The van der Waals surface area contributed by atoms with Crippen LogP contribution < -0.4 is 14.2 Å². The van der Waals surface area contributed by atoms with Crippen molar-refractivity contribution in [2.45, 2.75) is 20.1 Å². The number of carbonyl (C=O) groups excluding carboxylic acids is 1. The highest BCUT2D eigenvalue weighted by Crippen LogP contribution is 2.46. The molecule has 0 radical (unpaired) electrons. The number of rotatable bonds is 11. The molecule has 202 valence electrons. The number of pyridine rings is 1. The predicted molar refractivity (Wildman–Crippen MR) is 153 cm³/mol. The number of esters is 1. The summed E-state index contributed by atoms with van der Waals surface area (Å²) >= 11 is 0. The van der Waals surface area contributed by atoms with Gasteiger partial charge in [0, 0.05) is 11.9 Å². The van der Waals surface area contributed by atoms with E-state index in [-0.39, 0.29) is 31.3 Å². The highest BCUT2D eigenvalue weighted by Gasteiger charge is 2.33. The Hall–Kier alpha value is -5.04. The van der Waals surface area contributed by atoms with Crippen LogP contribution in [0.25, 0.3) is 17.1 Å². The molecule has 0 spiro atoms. The lowest BCUT2D eigenvalue weighted by Crippen LogP contribution is -2.13. The van der Waals surface area contributed by atoms with Gasteiger partial charge in [0.05, 0.1) is 19.4 Å². The van der Waals surface area contributed by atoms with E-state index in [1.54, 1.807) is 24.8 Å². The SMILES string of the molecule is CCOC(=O)c1c(OCc2ccccc2)c(OCc2ccccc2)c(-c2ccccn2)n1-c1ccc(OC)cc1. The van der Waals surface area contributed by atoms with Crippen molar-refractivity contribution in [3.63, 3.8) is 0 Å². The van der Waals surface area contributed by atoms with Gasteiger partial charge in [0.25, 0.3) is 0 Å². The summed E-state index contributed by atoms with van der Waals surface area (Å²) in [6.07, 6.45) is 1.70. The van der Waals surface area contributed by atoms with Crippen LogP contribution in [0.1, 0.15) is 28.5 Å². The van der Waals surface area contributed by atoms with Gasteiger partial charge in [0.1, 0.15) is 24.7 Å². The number of methoxy groups -OCH3 is 1. The summed E-state index contributed by atoms with van der Waals surface area (Å²) in [7, 11) is 1.61. The molecule has 0 bridgehead atoms. The van der Waals surface area contributed by atoms with Crippen molar-refractivity contribution in [3.8, 4) is 34.3 Å². The maximum atomic E-state index is 13.6. The van der Waals surface area contributed by atoms with E-state index in [0.717, 1.165) is 11.1 Å². The summed E-state index contributed by atoms with van der Waals surface area (Å²) in [5.41, 5.74) is 4.02. The van der Waals surface area contributed by atoms with Crippen LogP contribution in [-0.4, -0.2) is 29.2 Å². The minimum atomic E-state index is -0.534. The van der Waals surface area contributed by atoms with E-state index in [4.69, 9.17) is 18.9 Å². The molecule has 0 amide bonds. The monoisotopic (exact) mass is 534 g/mol. The summed E-state index contributed by atoms with van der Waals surface area (Å²) in [4.78, 5) is 18.3. The van der Waals surface area contributed by atoms with E-state index in [9.17, 15) is 4.79 Å². The second kappa shape index (κ2) is 12.7. The molecule has 5 aromatic rings.